The van der Waals surface area contributed by atoms with Crippen LogP contribution in [0.5, 0.6) is 0 Å². The molecule has 0 aliphatic carbocycles. The van der Waals surface area contributed by atoms with Gasteiger partial charge in [0.25, 0.3) is 10.0 Å². The van der Waals surface area contributed by atoms with Gasteiger partial charge in [0, 0.05) is 5.56 Å². The summed E-state index contributed by atoms with van der Waals surface area (Å²) in [7, 11) is -3.80. The van der Waals surface area contributed by atoms with E-state index >= 15 is 0 Å². The molecule has 128 valence electrons. The van der Waals surface area contributed by atoms with Crippen LogP contribution in [0, 0.1) is 0 Å². The summed E-state index contributed by atoms with van der Waals surface area (Å²) in [6.07, 6.45) is 3.05. The lowest BCUT2D eigenvalue weighted by Gasteiger charge is -2.12. The Morgan fingerprint density at radius 3 is 2.38 bits per heavy atom. The molecule has 0 spiro atoms. The number of anilines is 1. The van der Waals surface area contributed by atoms with Gasteiger partial charge in [-0.15, -0.1) is 0 Å². The van der Waals surface area contributed by atoms with Crippen molar-refractivity contribution in [2.24, 2.45) is 0 Å². The van der Waals surface area contributed by atoms with Crippen LogP contribution < -0.4 is 4.72 Å². The number of para-hydroxylation sites is 1. The number of carbonyl (C=O) groups is 1. The van der Waals surface area contributed by atoms with Crippen molar-refractivity contribution in [1.29, 1.82) is 0 Å². The van der Waals surface area contributed by atoms with E-state index in [4.69, 9.17) is 5.11 Å². The fraction of sp³-hybridized carbons (Fsp3) is 0.278. The molecule has 2 aromatic carbocycles. The molecule has 0 unspecified atom stereocenters. The highest BCUT2D eigenvalue weighted by molar-refractivity contribution is 7.92. The predicted molar refractivity (Wildman–Crippen MR) is 93.7 cm³/mol. The highest BCUT2D eigenvalue weighted by atomic mass is 32.2. The SMILES string of the molecule is CCCCc1ccc(S(=O)(=O)Nc2ccccc2C(=O)CO)cc1. The third-order valence-electron chi connectivity index (χ3n) is 3.67. The van der Waals surface area contributed by atoms with Crippen LogP contribution in [0.15, 0.2) is 53.4 Å². The molecule has 0 amide bonds. The van der Waals surface area contributed by atoms with Crippen molar-refractivity contribution >= 4 is 21.5 Å². The second kappa shape index (κ2) is 8.08. The summed E-state index contributed by atoms with van der Waals surface area (Å²) >= 11 is 0. The lowest BCUT2D eigenvalue weighted by Crippen LogP contribution is -2.16. The number of aliphatic hydroxyl groups is 1. The summed E-state index contributed by atoms with van der Waals surface area (Å²) in [5.74, 6) is -0.539. The van der Waals surface area contributed by atoms with E-state index in [0.29, 0.717) is 0 Å². The fourth-order valence-electron chi connectivity index (χ4n) is 2.32. The molecular formula is C18H21NO4S. The number of nitrogens with one attached hydrogen (secondary N) is 1. The first-order valence-corrected chi connectivity index (χ1v) is 9.31. The number of aliphatic hydroxyl groups excluding tert-OH is 1. The fourth-order valence-corrected chi connectivity index (χ4v) is 3.40. The third kappa shape index (κ3) is 4.43. The van der Waals surface area contributed by atoms with Gasteiger partial charge in [0.15, 0.2) is 5.78 Å². The number of hydrogen-bond acceptors (Lipinski definition) is 4. The minimum atomic E-state index is -3.80. The molecule has 2 aromatic rings. The van der Waals surface area contributed by atoms with E-state index in [1.54, 1.807) is 36.4 Å². The zero-order valence-corrected chi connectivity index (χ0v) is 14.3. The Hall–Kier alpha value is -2.18. The lowest BCUT2D eigenvalue weighted by atomic mass is 10.1. The summed E-state index contributed by atoms with van der Waals surface area (Å²) < 4.78 is 27.4. The number of benzene rings is 2. The molecule has 0 aromatic heterocycles. The van der Waals surface area contributed by atoms with E-state index in [0.717, 1.165) is 24.8 Å². The second-order valence-electron chi connectivity index (χ2n) is 5.48. The number of rotatable bonds is 8. The number of carbonyl (C=O) groups excluding carboxylic acids is 1. The van der Waals surface area contributed by atoms with E-state index < -0.39 is 22.4 Å². The molecule has 0 saturated heterocycles. The molecule has 2 rings (SSSR count). The summed E-state index contributed by atoms with van der Waals surface area (Å²) in [5, 5.41) is 9.00. The lowest BCUT2D eigenvalue weighted by molar-refractivity contribution is 0.0904. The van der Waals surface area contributed by atoms with E-state index in [1.807, 2.05) is 0 Å². The first-order valence-electron chi connectivity index (χ1n) is 7.82. The van der Waals surface area contributed by atoms with Crippen LogP contribution in [0.25, 0.3) is 0 Å². The number of hydrogen-bond donors (Lipinski definition) is 2. The van der Waals surface area contributed by atoms with Gasteiger partial charge >= 0.3 is 0 Å². The van der Waals surface area contributed by atoms with Gasteiger partial charge in [0.1, 0.15) is 6.61 Å². The predicted octanol–water partition coefficient (Wildman–Crippen LogP) is 3.01. The maximum Gasteiger partial charge on any atom is 0.261 e. The van der Waals surface area contributed by atoms with Gasteiger partial charge in [-0.3, -0.25) is 9.52 Å². The highest BCUT2D eigenvalue weighted by Crippen LogP contribution is 2.21. The Balaban J connectivity index is 2.24. The van der Waals surface area contributed by atoms with Crippen LogP contribution in [-0.4, -0.2) is 25.9 Å². The average Bonchev–Trinajstić information content (AvgIpc) is 2.60. The first kappa shape index (κ1) is 18.2. The molecule has 2 N–H and O–H groups in total. The van der Waals surface area contributed by atoms with Gasteiger partial charge in [0.05, 0.1) is 10.6 Å². The zero-order chi connectivity index (χ0) is 17.6. The quantitative estimate of drug-likeness (QED) is 0.719. The van der Waals surface area contributed by atoms with Gasteiger partial charge in [-0.2, -0.15) is 0 Å². The smallest absolute Gasteiger partial charge is 0.261 e. The van der Waals surface area contributed by atoms with E-state index in [-0.39, 0.29) is 16.1 Å². The number of sulfonamides is 1. The molecule has 0 aliphatic rings. The maximum absolute atomic E-state index is 12.5. The summed E-state index contributed by atoms with van der Waals surface area (Å²) in [4.78, 5) is 11.9. The monoisotopic (exact) mass is 347 g/mol. The molecule has 6 heteroatoms. The van der Waals surface area contributed by atoms with Crippen LogP contribution >= 0.6 is 0 Å². The summed E-state index contributed by atoms with van der Waals surface area (Å²) in [5.41, 5.74) is 1.39. The van der Waals surface area contributed by atoms with E-state index in [1.165, 1.54) is 12.1 Å². The number of Topliss-reactive ketones (excluding diaryl/α,β-unsaturated/α-hetero) is 1. The molecule has 5 nitrogen and oxygen atoms in total. The Morgan fingerprint density at radius 1 is 1.08 bits per heavy atom. The molecule has 0 bridgehead atoms. The number of ketones is 1. The minimum Gasteiger partial charge on any atom is -0.388 e. The van der Waals surface area contributed by atoms with Crippen LogP contribution in [0.2, 0.25) is 0 Å². The maximum atomic E-state index is 12.5. The third-order valence-corrected chi connectivity index (χ3v) is 5.05. The normalized spacial score (nSPS) is 11.2. The highest BCUT2D eigenvalue weighted by Gasteiger charge is 2.18. The summed E-state index contributed by atoms with van der Waals surface area (Å²) in [6.45, 7) is 1.43. The van der Waals surface area contributed by atoms with Crippen LogP contribution in [0.4, 0.5) is 5.69 Å². The first-order chi connectivity index (χ1) is 11.5. The van der Waals surface area contributed by atoms with E-state index in [2.05, 4.69) is 11.6 Å². The van der Waals surface area contributed by atoms with Crippen molar-refractivity contribution < 1.29 is 18.3 Å². The summed E-state index contributed by atoms with van der Waals surface area (Å²) in [6, 6.07) is 12.9. The Labute approximate surface area is 142 Å². The van der Waals surface area contributed by atoms with Crippen LogP contribution in [0.1, 0.15) is 35.7 Å². The van der Waals surface area contributed by atoms with Crippen LogP contribution in [0.3, 0.4) is 0 Å². The number of aryl methyl sites for hydroxylation is 1. The van der Waals surface area contributed by atoms with Gasteiger partial charge < -0.3 is 5.11 Å². The van der Waals surface area contributed by atoms with Crippen molar-refractivity contribution in [1.82, 2.24) is 0 Å². The van der Waals surface area contributed by atoms with Gasteiger partial charge in [-0.1, -0.05) is 37.6 Å². The standard InChI is InChI=1S/C18H21NO4S/c1-2-3-6-14-9-11-15(12-10-14)24(22,23)19-17-8-5-4-7-16(17)18(21)13-20/h4-5,7-12,19-20H,2-3,6,13H2,1H3. The van der Waals surface area contributed by atoms with Crippen molar-refractivity contribution in [3.8, 4) is 0 Å². The van der Waals surface area contributed by atoms with Gasteiger partial charge in [-0.25, -0.2) is 8.42 Å². The van der Waals surface area contributed by atoms with Crippen molar-refractivity contribution in [2.45, 2.75) is 31.1 Å². The van der Waals surface area contributed by atoms with Crippen molar-refractivity contribution in [2.75, 3.05) is 11.3 Å². The molecule has 0 heterocycles. The molecule has 0 atom stereocenters. The Bertz CT molecular complexity index is 798. The molecule has 0 fully saturated rings. The molecule has 0 aliphatic heterocycles. The molecule has 24 heavy (non-hydrogen) atoms. The Morgan fingerprint density at radius 2 is 1.75 bits per heavy atom. The molecule has 0 radical (unpaired) electrons. The van der Waals surface area contributed by atoms with Gasteiger partial charge in [0.2, 0.25) is 0 Å². The topological polar surface area (TPSA) is 83.5 Å². The molecular weight excluding hydrogens is 326 g/mol. The van der Waals surface area contributed by atoms with Crippen molar-refractivity contribution in [3.05, 3.63) is 59.7 Å². The number of unbranched alkanes of at least 4 members (excludes halogenated alkanes) is 1. The van der Waals surface area contributed by atoms with Gasteiger partial charge in [-0.05, 0) is 42.7 Å². The largest absolute Gasteiger partial charge is 0.388 e. The van der Waals surface area contributed by atoms with E-state index in [9.17, 15) is 13.2 Å². The van der Waals surface area contributed by atoms with Crippen molar-refractivity contribution in [3.63, 3.8) is 0 Å². The minimum absolute atomic E-state index is 0.133. The second-order valence-corrected chi connectivity index (χ2v) is 7.16. The average molecular weight is 347 g/mol. The Kier molecular flexibility index (Phi) is 6.11. The molecule has 0 saturated carbocycles. The zero-order valence-electron chi connectivity index (χ0n) is 13.5. The van der Waals surface area contributed by atoms with Crippen LogP contribution in [-0.2, 0) is 16.4 Å².